The molecule has 74 valence electrons. The van der Waals surface area contributed by atoms with Crippen LogP contribution in [0.2, 0.25) is 5.02 Å². The zero-order chi connectivity index (χ0) is 10.1. The molecular formula is C11H10Cl2O. The summed E-state index contributed by atoms with van der Waals surface area (Å²) in [5.74, 6) is 0.193. The van der Waals surface area contributed by atoms with Crippen molar-refractivity contribution in [3.8, 4) is 0 Å². The molecule has 0 bridgehead atoms. The van der Waals surface area contributed by atoms with Gasteiger partial charge in [-0.05, 0) is 35.2 Å². The lowest BCUT2D eigenvalue weighted by Crippen LogP contribution is -2.00. The minimum absolute atomic E-state index is 0.193. The minimum atomic E-state index is -0.631. The van der Waals surface area contributed by atoms with Gasteiger partial charge in [0.05, 0.1) is 12.0 Å². The molecule has 0 heterocycles. The van der Waals surface area contributed by atoms with Crippen LogP contribution in [0, 0.1) is 0 Å². The summed E-state index contributed by atoms with van der Waals surface area (Å²) >= 11 is 11.7. The standard InChI is InChI=1S/C11H10Cl2O/c12-6-11(14)8-4-7-2-1-3-9(7)10(13)5-8/h1-2,4-5,11,14H,3,6H2. The van der Waals surface area contributed by atoms with Crippen LogP contribution in [-0.4, -0.2) is 11.0 Å². The third-order valence-corrected chi connectivity index (χ3v) is 3.03. The maximum atomic E-state index is 9.57. The van der Waals surface area contributed by atoms with Gasteiger partial charge in [-0.15, -0.1) is 11.6 Å². The van der Waals surface area contributed by atoms with Crippen LogP contribution in [0.4, 0.5) is 0 Å². The molecule has 0 amide bonds. The molecule has 0 fully saturated rings. The molecule has 1 aliphatic carbocycles. The number of benzene rings is 1. The molecule has 0 aromatic heterocycles. The molecule has 1 aromatic rings. The number of allylic oxidation sites excluding steroid dienone is 1. The number of aliphatic hydroxyl groups is 1. The van der Waals surface area contributed by atoms with E-state index in [1.54, 1.807) is 6.07 Å². The Labute approximate surface area is 93.0 Å². The second kappa shape index (κ2) is 3.93. The molecule has 1 unspecified atom stereocenters. The Hall–Kier alpha value is -0.500. The number of alkyl halides is 1. The predicted octanol–water partition coefficient (Wildman–Crippen LogP) is 3.18. The number of hydrogen-bond donors (Lipinski definition) is 1. The quantitative estimate of drug-likeness (QED) is 0.772. The van der Waals surface area contributed by atoms with E-state index in [2.05, 4.69) is 6.08 Å². The third kappa shape index (κ3) is 1.68. The average molecular weight is 229 g/mol. The first-order valence-corrected chi connectivity index (χ1v) is 5.36. The van der Waals surface area contributed by atoms with E-state index in [9.17, 15) is 5.11 Å². The van der Waals surface area contributed by atoms with Crippen molar-refractivity contribution in [1.29, 1.82) is 0 Å². The van der Waals surface area contributed by atoms with Crippen LogP contribution < -0.4 is 0 Å². The maximum absolute atomic E-state index is 9.57. The molecule has 1 aliphatic rings. The zero-order valence-corrected chi connectivity index (χ0v) is 9.02. The molecule has 3 heteroatoms. The van der Waals surface area contributed by atoms with E-state index in [-0.39, 0.29) is 5.88 Å². The summed E-state index contributed by atoms with van der Waals surface area (Å²) in [6.07, 6.45) is 4.33. The van der Waals surface area contributed by atoms with E-state index < -0.39 is 6.10 Å². The van der Waals surface area contributed by atoms with Crippen molar-refractivity contribution in [3.63, 3.8) is 0 Å². The Balaban J connectivity index is 2.45. The second-order valence-electron chi connectivity index (χ2n) is 3.35. The van der Waals surface area contributed by atoms with Crippen LogP contribution in [0.1, 0.15) is 22.8 Å². The van der Waals surface area contributed by atoms with Crippen molar-refractivity contribution in [2.75, 3.05) is 5.88 Å². The maximum Gasteiger partial charge on any atom is 0.0926 e. The van der Waals surface area contributed by atoms with Crippen molar-refractivity contribution in [3.05, 3.63) is 39.9 Å². The smallest absolute Gasteiger partial charge is 0.0926 e. The van der Waals surface area contributed by atoms with Crippen LogP contribution in [0.5, 0.6) is 0 Å². The fourth-order valence-corrected chi connectivity index (χ4v) is 2.12. The van der Waals surface area contributed by atoms with E-state index >= 15 is 0 Å². The van der Waals surface area contributed by atoms with Gasteiger partial charge in [-0.3, -0.25) is 0 Å². The first kappa shape index (κ1) is 10.0. The minimum Gasteiger partial charge on any atom is -0.387 e. The topological polar surface area (TPSA) is 20.2 Å². The summed E-state index contributed by atoms with van der Waals surface area (Å²) in [5.41, 5.74) is 3.02. The Morgan fingerprint density at radius 2 is 2.21 bits per heavy atom. The van der Waals surface area contributed by atoms with Gasteiger partial charge in [0.15, 0.2) is 0 Å². The van der Waals surface area contributed by atoms with E-state index in [0.717, 1.165) is 23.1 Å². The van der Waals surface area contributed by atoms with Gasteiger partial charge in [0.25, 0.3) is 0 Å². The number of rotatable bonds is 2. The van der Waals surface area contributed by atoms with Gasteiger partial charge in [0, 0.05) is 5.02 Å². The Kier molecular flexibility index (Phi) is 2.82. The summed E-state index contributed by atoms with van der Waals surface area (Å²) in [6, 6.07) is 3.73. The predicted molar refractivity (Wildman–Crippen MR) is 59.9 cm³/mol. The molecule has 1 N–H and O–H groups in total. The average Bonchev–Trinajstić information content (AvgIpc) is 2.64. The molecule has 0 saturated carbocycles. The number of aliphatic hydroxyl groups excluding tert-OH is 1. The van der Waals surface area contributed by atoms with Crippen LogP contribution >= 0.6 is 23.2 Å². The lowest BCUT2D eigenvalue weighted by Gasteiger charge is -2.10. The molecule has 1 atom stereocenters. The van der Waals surface area contributed by atoms with E-state index in [0.29, 0.717) is 5.02 Å². The Morgan fingerprint density at radius 3 is 2.93 bits per heavy atom. The molecule has 2 rings (SSSR count). The van der Waals surface area contributed by atoms with Gasteiger partial charge in [-0.1, -0.05) is 23.8 Å². The summed E-state index contributed by atoms with van der Waals surface area (Å²) in [4.78, 5) is 0. The molecule has 1 nitrogen and oxygen atoms in total. The monoisotopic (exact) mass is 228 g/mol. The number of fused-ring (bicyclic) bond motifs is 1. The summed E-state index contributed by atoms with van der Waals surface area (Å²) in [6.45, 7) is 0. The molecular weight excluding hydrogens is 219 g/mol. The van der Waals surface area contributed by atoms with Gasteiger partial charge < -0.3 is 5.11 Å². The molecule has 0 saturated heterocycles. The molecule has 0 radical (unpaired) electrons. The van der Waals surface area contributed by atoms with Crippen molar-refractivity contribution in [2.45, 2.75) is 12.5 Å². The molecule has 0 spiro atoms. The van der Waals surface area contributed by atoms with Crippen LogP contribution in [-0.2, 0) is 6.42 Å². The number of halogens is 2. The normalized spacial score (nSPS) is 15.6. The van der Waals surface area contributed by atoms with Crippen LogP contribution in [0.3, 0.4) is 0 Å². The van der Waals surface area contributed by atoms with Crippen molar-refractivity contribution < 1.29 is 5.11 Å². The fourth-order valence-electron chi connectivity index (χ4n) is 1.63. The fraction of sp³-hybridized carbons (Fsp3) is 0.273. The highest BCUT2D eigenvalue weighted by atomic mass is 35.5. The second-order valence-corrected chi connectivity index (χ2v) is 4.06. The highest BCUT2D eigenvalue weighted by Crippen LogP contribution is 2.31. The lowest BCUT2D eigenvalue weighted by atomic mass is 10.0. The molecule has 1 aromatic carbocycles. The summed E-state index contributed by atoms with van der Waals surface area (Å²) < 4.78 is 0. The third-order valence-electron chi connectivity index (χ3n) is 2.40. The van der Waals surface area contributed by atoms with E-state index in [4.69, 9.17) is 23.2 Å². The first-order valence-electron chi connectivity index (χ1n) is 4.45. The van der Waals surface area contributed by atoms with Crippen LogP contribution in [0.15, 0.2) is 18.2 Å². The molecule has 14 heavy (non-hydrogen) atoms. The lowest BCUT2D eigenvalue weighted by molar-refractivity contribution is 0.202. The van der Waals surface area contributed by atoms with Gasteiger partial charge in [-0.2, -0.15) is 0 Å². The summed E-state index contributed by atoms with van der Waals surface area (Å²) in [5, 5.41) is 10.3. The largest absolute Gasteiger partial charge is 0.387 e. The number of hydrogen-bond acceptors (Lipinski definition) is 1. The van der Waals surface area contributed by atoms with Gasteiger partial charge in [-0.25, -0.2) is 0 Å². The van der Waals surface area contributed by atoms with E-state index in [1.807, 2.05) is 12.1 Å². The SMILES string of the molecule is OC(CCl)c1cc(Cl)c2c(c1)C=CC2. The zero-order valence-electron chi connectivity index (χ0n) is 7.50. The van der Waals surface area contributed by atoms with Gasteiger partial charge in [0.1, 0.15) is 0 Å². The highest BCUT2D eigenvalue weighted by molar-refractivity contribution is 6.31. The van der Waals surface area contributed by atoms with E-state index in [1.165, 1.54) is 0 Å². The Morgan fingerprint density at radius 1 is 1.43 bits per heavy atom. The van der Waals surface area contributed by atoms with Crippen molar-refractivity contribution >= 4 is 29.3 Å². The molecule has 0 aliphatic heterocycles. The highest BCUT2D eigenvalue weighted by Gasteiger charge is 2.14. The van der Waals surface area contributed by atoms with Crippen LogP contribution in [0.25, 0.3) is 6.08 Å². The first-order chi connectivity index (χ1) is 6.72. The summed E-state index contributed by atoms with van der Waals surface area (Å²) in [7, 11) is 0. The Bertz CT molecular complexity index is 385. The van der Waals surface area contributed by atoms with Crippen molar-refractivity contribution in [1.82, 2.24) is 0 Å². The van der Waals surface area contributed by atoms with Gasteiger partial charge >= 0.3 is 0 Å². The van der Waals surface area contributed by atoms with Gasteiger partial charge in [0.2, 0.25) is 0 Å². The van der Waals surface area contributed by atoms with Crippen molar-refractivity contribution in [2.24, 2.45) is 0 Å².